The fourth-order valence-electron chi connectivity index (χ4n) is 3.71. The first-order valence-corrected chi connectivity index (χ1v) is 10.3. The summed E-state index contributed by atoms with van der Waals surface area (Å²) in [6.45, 7) is 5.89. The van der Waals surface area contributed by atoms with Gasteiger partial charge in [0.1, 0.15) is 5.75 Å². The number of fused-ring (bicyclic) bond motifs is 3. The number of carbonyl (C=O) groups excluding carboxylic acids is 1. The van der Waals surface area contributed by atoms with E-state index >= 15 is 0 Å². The van der Waals surface area contributed by atoms with Crippen LogP contribution < -0.4 is 10.1 Å². The topological polar surface area (TPSA) is 43.3 Å². The van der Waals surface area contributed by atoms with Gasteiger partial charge in [0.2, 0.25) is 0 Å². The van der Waals surface area contributed by atoms with E-state index in [-0.39, 0.29) is 5.91 Å². The quantitative estimate of drug-likeness (QED) is 0.382. The van der Waals surface area contributed by atoms with E-state index in [0.717, 1.165) is 36.2 Å². The SMILES string of the molecule is CCCCOc1ccc(C(=O)Nc2ccc3c(c2)c2ccccc2n3CC)cc1. The molecular weight excluding hydrogens is 360 g/mol. The minimum absolute atomic E-state index is 0.122. The molecule has 4 aromatic rings. The van der Waals surface area contributed by atoms with Gasteiger partial charge < -0.3 is 14.6 Å². The van der Waals surface area contributed by atoms with E-state index in [4.69, 9.17) is 4.74 Å². The van der Waals surface area contributed by atoms with Crippen LogP contribution in [0.4, 0.5) is 5.69 Å². The third-order valence-electron chi connectivity index (χ3n) is 5.23. The molecule has 148 valence electrons. The molecule has 0 unspecified atom stereocenters. The summed E-state index contributed by atoms with van der Waals surface area (Å²) in [6, 6.07) is 21.8. The van der Waals surface area contributed by atoms with Crippen LogP contribution in [0.25, 0.3) is 21.8 Å². The standard InChI is InChI=1S/C25H26N2O2/c1-3-5-16-29-20-13-10-18(11-14-20)25(28)26-19-12-15-24-22(17-19)21-8-6-7-9-23(21)27(24)4-2/h6-15,17H,3-5,16H2,1-2H3,(H,26,28). The number of aromatic nitrogens is 1. The zero-order valence-corrected chi connectivity index (χ0v) is 16.9. The summed E-state index contributed by atoms with van der Waals surface area (Å²) in [7, 11) is 0. The number of benzene rings is 3. The number of nitrogens with one attached hydrogen (secondary N) is 1. The van der Waals surface area contributed by atoms with Crippen LogP contribution in [0.1, 0.15) is 37.0 Å². The van der Waals surface area contributed by atoms with Crippen LogP contribution in [0.3, 0.4) is 0 Å². The monoisotopic (exact) mass is 386 g/mol. The van der Waals surface area contributed by atoms with E-state index in [2.05, 4.69) is 60.1 Å². The summed E-state index contributed by atoms with van der Waals surface area (Å²) in [5.41, 5.74) is 3.81. The highest BCUT2D eigenvalue weighted by Crippen LogP contribution is 2.31. The van der Waals surface area contributed by atoms with E-state index in [1.54, 1.807) is 12.1 Å². The second kappa shape index (κ2) is 8.39. The van der Waals surface area contributed by atoms with Gasteiger partial charge in [0.25, 0.3) is 5.91 Å². The van der Waals surface area contributed by atoms with Gasteiger partial charge >= 0.3 is 0 Å². The Morgan fingerprint density at radius 1 is 0.931 bits per heavy atom. The maximum absolute atomic E-state index is 12.7. The zero-order chi connectivity index (χ0) is 20.2. The van der Waals surface area contributed by atoms with Crippen molar-refractivity contribution in [2.45, 2.75) is 33.2 Å². The molecule has 0 aliphatic carbocycles. The minimum atomic E-state index is -0.122. The molecule has 0 spiro atoms. The summed E-state index contributed by atoms with van der Waals surface area (Å²) < 4.78 is 7.97. The number of carbonyl (C=O) groups is 1. The Balaban J connectivity index is 1.56. The van der Waals surface area contributed by atoms with Crippen molar-refractivity contribution < 1.29 is 9.53 Å². The van der Waals surface area contributed by atoms with E-state index in [1.807, 2.05) is 18.2 Å². The number of hydrogen-bond acceptors (Lipinski definition) is 2. The van der Waals surface area contributed by atoms with E-state index in [1.165, 1.54) is 16.4 Å². The number of amides is 1. The predicted octanol–water partition coefficient (Wildman–Crippen LogP) is 6.25. The molecule has 4 nitrogen and oxygen atoms in total. The first-order chi connectivity index (χ1) is 14.2. The molecule has 0 saturated heterocycles. The van der Waals surface area contributed by atoms with Crippen molar-refractivity contribution in [1.82, 2.24) is 4.57 Å². The van der Waals surface area contributed by atoms with Crippen molar-refractivity contribution in [3.8, 4) is 5.75 Å². The highest BCUT2D eigenvalue weighted by atomic mass is 16.5. The summed E-state index contributed by atoms with van der Waals surface area (Å²) >= 11 is 0. The van der Waals surface area contributed by atoms with Crippen LogP contribution in [0.2, 0.25) is 0 Å². The lowest BCUT2D eigenvalue weighted by Gasteiger charge is -2.08. The molecule has 1 amide bonds. The van der Waals surface area contributed by atoms with Gasteiger partial charge in [-0.05, 0) is 61.9 Å². The fraction of sp³-hybridized carbons (Fsp3) is 0.240. The van der Waals surface area contributed by atoms with E-state index in [0.29, 0.717) is 12.2 Å². The van der Waals surface area contributed by atoms with E-state index < -0.39 is 0 Å². The molecule has 1 heterocycles. The van der Waals surface area contributed by atoms with Crippen LogP contribution in [-0.4, -0.2) is 17.1 Å². The average Bonchev–Trinajstić information content (AvgIpc) is 3.07. The van der Waals surface area contributed by atoms with Gasteiger partial charge in [0.15, 0.2) is 0 Å². The van der Waals surface area contributed by atoms with Crippen LogP contribution >= 0.6 is 0 Å². The lowest BCUT2D eigenvalue weighted by atomic mass is 10.1. The number of aryl methyl sites for hydroxylation is 1. The molecule has 0 aliphatic heterocycles. The van der Waals surface area contributed by atoms with Gasteiger partial charge in [-0.3, -0.25) is 4.79 Å². The maximum Gasteiger partial charge on any atom is 0.255 e. The Hall–Kier alpha value is -3.27. The number of ether oxygens (including phenoxy) is 1. The van der Waals surface area contributed by atoms with Gasteiger partial charge in [-0.25, -0.2) is 0 Å². The minimum Gasteiger partial charge on any atom is -0.494 e. The van der Waals surface area contributed by atoms with Crippen molar-refractivity contribution in [1.29, 1.82) is 0 Å². The lowest BCUT2D eigenvalue weighted by Crippen LogP contribution is -2.11. The van der Waals surface area contributed by atoms with E-state index in [9.17, 15) is 4.79 Å². The number of nitrogens with zero attached hydrogens (tertiary/aromatic N) is 1. The molecule has 1 N–H and O–H groups in total. The van der Waals surface area contributed by atoms with Gasteiger partial charge in [-0.1, -0.05) is 31.5 Å². The average molecular weight is 386 g/mol. The molecule has 29 heavy (non-hydrogen) atoms. The maximum atomic E-state index is 12.7. The lowest BCUT2D eigenvalue weighted by molar-refractivity contribution is 0.102. The predicted molar refractivity (Wildman–Crippen MR) is 120 cm³/mol. The van der Waals surface area contributed by atoms with Crippen molar-refractivity contribution in [2.75, 3.05) is 11.9 Å². The largest absolute Gasteiger partial charge is 0.494 e. The third-order valence-corrected chi connectivity index (χ3v) is 5.23. The van der Waals surface area contributed by atoms with Crippen molar-refractivity contribution in [2.24, 2.45) is 0 Å². The summed E-state index contributed by atoms with van der Waals surface area (Å²) in [4.78, 5) is 12.7. The van der Waals surface area contributed by atoms with Crippen LogP contribution in [0, 0.1) is 0 Å². The molecule has 4 heteroatoms. The van der Waals surface area contributed by atoms with Gasteiger partial charge in [0, 0.05) is 39.6 Å². The molecule has 0 bridgehead atoms. The number of para-hydroxylation sites is 1. The Morgan fingerprint density at radius 2 is 1.69 bits per heavy atom. The first-order valence-electron chi connectivity index (χ1n) is 10.3. The Labute approximate surface area is 171 Å². The third kappa shape index (κ3) is 3.83. The number of hydrogen-bond donors (Lipinski definition) is 1. The van der Waals surface area contributed by atoms with Crippen molar-refractivity contribution in [3.63, 3.8) is 0 Å². The number of anilines is 1. The van der Waals surface area contributed by atoms with Crippen LogP contribution in [-0.2, 0) is 6.54 Å². The van der Waals surface area contributed by atoms with Gasteiger partial charge in [0.05, 0.1) is 6.61 Å². The highest BCUT2D eigenvalue weighted by Gasteiger charge is 2.11. The molecule has 0 radical (unpaired) electrons. The fourth-order valence-corrected chi connectivity index (χ4v) is 3.71. The van der Waals surface area contributed by atoms with Crippen LogP contribution in [0.15, 0.2) is 66.7 Å². The van der Waals surface area contributed by atoms with Gasteiger partial charge in [-0.2, -0.15) is 0 Å². The molecule has 0 saturated carbocycles. The second-order valence-corrected chi connectivity index (χ2v) is 7.17. The molecule has 1 aromatic heterocycles. The van der Waals surface area contributed by atoms with Crippen molar-refractivity contribution >= 4 is 33.4 Å². The Morgan fingerprint density at radius 3 is 2.45 bits per heavy atom. The summed E-state index contributed by atoms with van der Waals surface area (Å²) in [6.07, 6.45) is 2.13. The summed E-state index contributed by atoms with van der Waals surface area (Å²) in [5, 5.41) is 5.38. The first kappa shape index (κ1) is 19.1. The smallest absolute Gasteiger partial charge is 0.255 e. The molecule has 0 aliphatic rings. The Kier molecular flexibility index (Phi) is 5.52. The van der Waals surface area contributed by atoms with Gasteiger partial charge in [-0.15, -0.1) is 0 Å². The normalized spacial score (nSPS) is 11.1. The summed E-state index contributed by atoms with van der Waals surface area (Å²) in [5.74, 6) is 0.674. The number of rotatable bonds is 7. The van der Waals surface area contributed by atoms with Crippen LogP contribution in [0.5, 0.6) is 5.75 Å². The zero-order valence-electron chi connectivity index (χ0n) is 16.9. The highest BCUT2D eigenvalue weighted by molar-refractivity contribution is 6.11. The Bertz CT molecular complexity index is 1140. The molecule has 4 rings (SSSR count). The van der Waals surface area contributed by atoms with Crippen molar-refractivity contribution in [3.05, 3.63) is 72.3 Å². The molecule has 3 aromatic carbocycles. The second-order valence-electron chi connectivity index (χ2n) is 7.17. The molecular formula is C25H26N2O2. The number of unbranched alkanes of at least 4 members (excludes halogenated alkanes) is 1. The molecule has 0 atom stereocenters. The molecule has 0 fully saturated rings.